The summed E-state index contributed by atoms with van der Waals surface area (Å²) < 4.78 is 0. The summed E-state index contributed by atoms with van der Waals surface area (Å²) in [5.74, 6) is -1.50. The second-order valence-corrected chi connectivity index (χ2v) is 3.94. The zero-order valence-corrected chi connectivity index (χ0v) is 12.9. The number of nitrogens with two attached hydrogens (primary N) is 4. The van der Waals surface area contributed by atoms with E-state index in [4.69, 9.17) is 0 Å². The summed E-state index contributed by atoms with van der Waals surface area (Å²) in [6.45, 7) is 7.37. The van der Waals surface area contributed by atoms with E-state index < -0.39 is 11.9 Å². The van der Waals surface area contributed by atoms with Crippen LogP contribution >= 0.6 is 0 Å². The smallest absolute Gasteiger partial charge is 0.693 e. The molecule has 0 bridgehead atoms. The van der Waals surface area contributed by atoms with Crippen LogP contribution in [0.1, 0.15) is 40.5 Å². The Labute approximate surface area is 126 Å². The molecule has 9 heteroatoms. The van der Waals surface area contributed by atoms with Crippen molar-refractivity contribution < 1.29 is 36.6 Å². The van der Waals surface area contributed by atoms with E-state index in [1.807, 2.05) is 27.7 Å². The molecule has 0 aliphatic heterocycles. The van der Waals surface area contributed by atoms with Gasteiger partial charge < -0.3 is 44.4 Å². The Balaban J connectivity index is -0.0000000240. The quantitative estimate of drug-likeness (QED) is 0.760. The maximum absolute atomic E-state index is 9.70. The minimum absolute atomic E-state index is 0. The molecule has 0 aromatic rings. The first-order valence-electron chi connectivity index (χ1n) is 4.65. The van der Waals surface area contributed by atoms with Gasteiger partial charge in [-0.05, 0) is 24.7 Å². The van der Waals surface area contributed by atoms with Gasteiger partial charge in [0.05, 0.1) is 0 Å². The van der Waals surface area contributed by atoms with Crippen LogP contribution in [0.5, 0.6) is 0 Å². The molecule has 0 atom stereocenters. The third-order valence-electron chi connectivity index (χ3n) is 1.15. The zero-order chi connectivity index (χ0) is 11.7. The Morgan fingerprint density at radius 1 is 0.737 bits per heavy atom. The van der Waals surface area contributed by atoms with E-state index in [1.54, 1.807) is 0 Å². The molecule has 122 valence electrons. The van der Waals surface area contributed by atoms with Gasteiger partial charge in [-0.3, -0.25) is 0 Å². The molecule has 0 heterocycles. The number of carboxylic acids is 2. The summed E-state index contributed by atoms with van der Waals surface area (Å²) in [6, 6.07) is 0. The molecule has 0 unspecified atom stereocenters. The Morgan fingerprint density at radius 3 is 0.895 bits per heavy atom. The van der Waals surface area contributed by atoms with Gasteiger partial charge in [0.25, 0.3) is 0 Å². The van der Waals surface area contributed by atoms with Crippen molar-refractivity contribution >= 4 is 11.9 Å². The molecule has 0 saturated carbocycles. The normalized spacial score (nSPS) is 7.05. The molecule has 0 aliphatic carbocycles. The molecule has 0 aromatic heterocycles. The maximum atomic E-state index is 9.70. The third-order valence-corrected chi connectivity index (χ3v) is 1.15. The Hall–Kier alpha value is -0.714. The molecule has 0 spiro atoms. The van der Waals surface area contributed by atoms with Crippen molar-refractivity contribution in [3.63, 3.8) is 0 Å². The van der Waals surface area contributed by atoms with Crippen molar-refractivity contribution in [2.24, 2.45) is 11.8 Å². The number of hydrogen-bond donors (Lipinski definition) is 0. The minimum Gasteiger partial charge on any atom is -0.693 e. The minimum atomic E-state index is -0.963. The number of carboxylic acid groups (broad SMARTS) is 2. The topological polar surface area (TPSA) is 214 Å². The van der Waals surface area contributed by atoms with Crippen LogP contribution in [-0.4, -0.2) is 11.9 Å². The average Bonchev–Trinajstić information content (AvgIpc) is 1.79. The zero-order valence-electron chi connectivity index (χ0n) is 11.8. The number of hydrogen-bond acceptors (Lipinski definition) is 4. The predicted molar refractivity (Wildman–Crippen MR) is 70.1 cm³/mol. The number of rotatable bonds is 4. The van der Waals surface area contributed by atoms with Crippen LogP contribution in [0.15, 0.2) is 0 Å². The Bertz CT molecular complexity index is 172. The van der Waals surface area contributed by atoms with Crippen molar-refractivity contribution in [2.75, 3.05) is 0 Å². The molecule has 0 rings (SSSR count). The standard InChI is InChI=1S/2C5H10O2.Co.4H2N/c2*1-4(2)3-5(6)7;;;;;/h2*4H,3H2,1-2H3,(H,6,7);;4*1H2/q;;+3;4*-1/p-2. The summed E-state index contributed by atoms with van der Waals surface area (Å²) in [6.07, 6.45) is 0.333. The number of aliphatic carboxylic acids is 2. The molecule has 0 aliphatic rings. The average molecular weight is 325 g/mol. The van der Waals surface area contributed by atoms with Crippen LogP contribution in [0, 0.1) is 11.8 Å². The van der Waals surface area contributed by atoms with Gasteiger partial charge in [-0.25, -0.2) is 0 Å². The van der Waals surface area contributed by atoms with Crippen molar-refractivity contribution in [3.8, 4) is 0 Å². The summed E-state index contributed by atoms with van der Waals surface area (Å²) in [5.41, 5.74) is 0. The molecule has 8 N–H and O–H groups in total. The monoisotopic (exact) mass is 325 g/mol. The third kappa shape index (κ3) is 76.1. The molecule has 8 nitrogen and oxygen atoms in total. The molecule has 0 aromatic carbocycles. The number of carbonyl (C=O) groups excluding carboxylic acids is 2. The van der Waals surface area contributed by atoms with Crippen LogP contribution in [-0.2, 0) is 26.4 Å². The van der Waals surface area contributed by atoms with Crippen molar-refractivity contribution in [1.82, 2.24) is 0 Å². The molecule has 0 radical (unpaired) electrons. The maximum Gasteiger partial charge on any atom is 3.00 e. The first-order valence-corrected chi connectivity index (χ1v) is 4.65. The van der Waals surface area contributed by atoms with Crippen LogP contribution < -0.4 is 10.2 Å². The largest absolute Gasteiger partial charge is 3.00 e. The van der Waals surface area contributed by atoms with Gasteiger partial charge in [0.1, 0.15) is 0 Å². The Morgan fingerprint density at radius 2 is 0.895 bits per heavy atom. The predicted octanol–water partition coefficient (Wildman–Crippen LogP) is 2.43. The van der Waals surface area contributed by atoms with Crippen molar-refractivity contribution in [2.45, 2.75) is 40.5 Å². The molecule has 0 fully saturated rings. The molecule has 19 heavy (non-hydrogen) atoms. The fourth-order valence-corrected chi connectivity index (χ4v) is 0.667. The fraction of sp³-hybridized carbons (Fsp3) is 0.800. The van der Waals surface area contributed by atoms with Gasteiger partial charge in [0.15, 0.2) is 0 Å². The first-order chi connectivity index (χ1) is 6.25. The van der Waals surface area contributed by atoms with Crippen molar-refractivity contribution in [1.29, 1.82) is 0 Å². The molecule has 0 amide bonds. The fourth-order valence-electron chi connectivity index (χ4n) is 0.667. The summed E-state index contributed by atoms with van der Waals surface area (Å²) >= 11 is 0. The molecule has 0 saturated heterocycles. The number of carbonyl (C=O) groups is 2. The van der Waals surface area contributed by atoms with Crippen LogP contribution in [0.3, 0.4) is 0 Å². The van der Waals surface area contributed by atoms with Gasteiger partial charge in [-0.2, -0.15) is 0 Å². The van der Waals surface area contributed by atoms with E-state index in [1.165, 1.54) is 0 Å². The summed E-state index contributed by atoms with van der Waals surface area (Å²) in [4.78, 5) is 19.4. The second kappa shape index (κ2) is 26.0. The molecular formula is C10H26CoN4O4-3. The van der Waals surface area contributed by atoms with Crippen LogP contribution in [0.4, 0.5) is 0 Å². The van der Waals surface area contributed by atoms with Crippen LogP contribution in [0.25, 0.3) is 24.6 Å². The summed E-state index contributed by atoms with van der Waals surface area (Å²) in [5, 5.41) is 19.4. The van der Waals surface area contributed by atoms with E-state index in [9.17, 15) is 19.8 Å². The van der Waals surface area contributed by atoms with E-state index in [0.717, 1.165) is 0 Å². The molecular weight excluding hydrogens is 299 g/mol. The van der Waals surface area contributed by atoms with E-state index in [0.29, 0.717) is 0 Å². The van der Waals surface area contributed by atoms with E-state index >= 15 is 0 Å². The van der Waals surface area contributed by atoms with Gasteiger partial charge in [-0.15, -0.1) is 0 Å². The van der Waals surface area contributed by atoms with Gasteiger partial charge >= 0.3 is 16.8 Å². The Kier molecular flexibility index (Phi) is 58.6. The SMILES string of the molecule is CC(C)CC(=O)[O-].CC(C)CC(=O)[O-].[Co+3].[NH2-].[NH2-].[NH2-].[NH2-]. The van der Waals surface area contributed by atoms with Crippen molar-refractivity contribution in [3.05, 3.63) is 24.6 Å². The first kappa shape index (κ1) is 42.9. The van der Waals surface area contributed by atoms with E-state index in [2.05, 4.69) is 0 Å². The summed E-state index contributed by atoms with van der Waals surface area (Å²) in [7, 11) is 0. The second-order valence-electron chi connectivity index (χ2n) is 3.94. The van der Waals surface area contributed by atoms with Crippen LogP contribution in [0.2, 0.25) is 0 Å². The van der Waals surface area contributed by atoms with Gasteiger partial charge in [0.2, 0.25) is 0 Å². The van der Waals surface area contributed by atoms with Gasteiger partial charge in [0, 0.05) is 11.9 Å². The van der Waals surface area contributed by atoms with Gasteiger partial charge in [-0.1, -0.05) is 27.7 Å². The van der Waals surface area contributed by atoms with E-state index in [-0.39, 0.29) is 66.1 Å².